The van der Waals surface area contributed by atoms with Gasteiger partial charge < -0.3 is 14.0 Å². The summed E-state index contributed by atoms with van der Waals surface area (Å²) in [7, 11) is 0. The van der Waals surface area contributed by atoms with E-state index in [9.17, 15) is 0 Å². The summed E-state index contributed by atoms with van der Waals surface area (Å²) in [6.07, 6.45) is 6.32. The maximum absolute atomic E-state index is 5.49. The molecule has 0 fully saturated rings. The van der Waals surface area contributed by atoms with E-state index in [1.54, 1.807) is 6.26 Å². The summed E-state index contributed by atoms with van der Waals surface area (Å²) >= 11 is 0. The van der Waals surface area contributed by atoms with Crippen molar-refractivity contribution in [3.8, 4) is 0 Å². The van der Waals surface area contributed by atoms with Crippen molar-refractivity contribution in [1.82, 2.24) is 5.16 Å². The zero-order chi connectivity index (χ0) is 17.2. The van der Waals surface area contributed by atoms with Crippen LogP contribution < -0.4 is 0 Å². The number of hydrogen-bond donors (Lipinski definition) is 0. The first-order chi connectivity index (χ1) is 10.7. The van der Waals surface area contributed by atoms with Crippen LogP contribution in [0.15, 0.2) is 40.3 Å². The van der Waals surface area contributed by atoms with Crippen LogP contribution in [-0.4, -0.2) is 25.0 Å². The Morgan fingerprint density at radius 2 is 1.73 bits per heavy atom. The van der Waals surface area contributed by atoms with Crippen LogP contribution in [0.4, 0.5) is 0 Å². The molecule has 0 bridgehead atoms. The molecule has 0 spiro atoms. The lowest BCUT2D eigenvalue weighted by atomic mass is 10.3. The van der Waals surface area contributed by atoms with Crippen LogP contribution in [0, 0.1) is 0 Å². The van der Waals surface area contributed by atoms with Gasteiger partial charge in [-0.3, -0.25) is 0 Å². The third-order valence-corrected chi connectivity index (χ3v) is 2.20. The minimum Gasteiger partial charge on any atom is -0.496 e. The maximum Gasteiger partial charge on any atom is 0.124 e. The molecule has 0 atom stereocenters. The monoisotopic (exact) mass is 311 g/mol. The first-order valence-electron chi connectivity index (χ1n) is 8.10. The van der Waals surface area contributed by atoms with Crippen LogP contribution in [0.1, 0.15) is 54.2 Å². The number of hydrogen-bond acceptors (Lipinski definition) is 4. The second-order valence-corrected chi connectivity index (χ2v) is 4.22. The Balaban J connectivity index is 0. The highest BCUT2D eigenvalue weighted by Gasteiger charge is 1.96. The largest absolute Gasteiger partial charge is 0.496 e. The van der Waals surface area contributed by atoms with E-state index in [1.807, 2.05) is 52.8 Å². The smallest absolute Gasteiger partial charge is 0.124 e. The molecule has 0 aliphatic rings. The molecule has 0 aliphatic heterocycles. The standard InChI is InChI=1S/C14H21NO3.2C2H6/c1-12(2)4-5-13(3)17-11-10-16-8-6-14-7-9-18-15-14;2*1-2/h4-5,7,9H,6,8,10-11H2,1-3H3;2*1-2H3/b13-5+;;. The Morgan fingerprint density at radius 1 is 1.05 bits per heavy atom. The summed E-state index contributed by atoms with van der Waals surface area (Å²) in [4.78, 5) is 0. The van der Waals surface area contributed by atoms with E-state index in [0.717, 1.165) is 17.9 Å². The molecule has 22 heavy (non-hydrogen) atoms. The molecule has 0 aliphatic carbocycles. The first kappa shape index (κ1) is 22.7. The molecule has 4 heteroatoms. The zero-order valence-electron chi connectivity index (χ0n) is 15.3. The van der Waals surface area contributed by atoms with Gasteiger partial charge in [-0.05, 0) is 26.8 Å². The van der Waals surface area contributed by atoms with E-state index >= 15 is 0 Å². The average molecular weight is 311 g/mol. The minimum atomic E-state index is 0.567. The van der Waals surface area contributed by atoms with Gasteiger partial charge in [-0.1, -0.05) is 44.5 Å². The second-order valence-electron chi connectivity index (χ2n) is 4.22. The summed E-state index contributed by atoms with van der Waals surface area (Å²) in [5.74, 6) is 0.899. The number of aromatic nitrogens is 1. The molecule has 128 valence electrons. The van der Waals surface area contributed by atoms with Gasteiger partial charge in [0.1, 0.15) is 12.9 Å². The zero-order valence-corrected chi connectivity index (χ0v) is 15.3. The van der Waals surface area contributed by atoms with Crippen molar-refractivity contribution >= 4 is 0 Å². The van der Waals surface area contributed by atoms with Crippen LogP contribution >= 0.6 is 0 Å². The van der Waals surface area contributed by atoms with Gasteiger partial charge in [-0.2, -0.15) is 0 Å². The van der Waals surface area contributed by atoms with Gasteiger partial charge in [0.2, 0.25) is 0 Å². The number of allylic oxidation sites excluding steroid dienone is 4. The molecule has 1 rings (SSSR count). The molecule has 0 aromatic carbocycles. The van der Waals surface area contributed by atoms with Gasteiger partial charge in [0.05, 0.1) is 24.7 Å². The Bertz CT molecular complexity index is 377. The first-order valence-corrected chi connectivity index (χ1v) is 8.10. The van der Waals surface area contributed by atoms with Gasteiger partial charge in [0.25, 0.3) is 0 Å². The molecule has 1 heterocycles. The van der Waals surface area contributed by atoms with Gasteiger partial charge in [0, 0.05) is 12.5 Å². The van der Waals surface area contributed by atoms with Crippen LogP contribution in [0.3, 0.4) is 0 Å². The second kappa shape index (κ2) is 17.5. The SMILES string of the molecule is CC.CC.CC(C)=C/C=C(\C)OCCOCCc1ccon1. The lowest BCUT2D eigenvalue weighted by Crippen LogP contribution is -2.06. The van der Waals surface area contributed by atoms with Gasteiger partial charge in [-0.15, -0.1) is 0 Å². The van der Waals surface area contributed by atoms with Crippen molar-refractivity contribution < 1.29 is 14.0 Å². The molecule has 0 N–H and O–H groups in total. The van der Waals surface area contributed by atoms with Crippen molar-refractivity contribution in [3.05, 3.63) is 41.5 Å². The van der Waals surface area contributed by atoms with Crippen LogP contribution in [0.2, 0.25) is 0 Å². The minimum absolute atomic E-state index is 0.567. The van der Waals surface area contributed by atoms with E-state index in [1.165, 1.54) is 5.57 Å². The quantitative estimate of drug-likeness (QED) is 0.377. The number of nitrogens with zero attached hydrogens (tertiary/aromatic N) is 1. The topological polar surface area (TPSA) is 44.5 Å². The number of rotatable bonds is 8. The highest BCUT2D eigenvalue weighted by Crippen LogP contribution is 1.99. The summed E-state index contributed by atoms with van der Waals surface area (Å²) < 4.78 is 15.6. The van der Waals surface area contributed by atoms with Crippen molar-refractivity contribution in [2.24, 2.45) is 0 Å². The highest BCUT2D eigenvalue weighted by molar-refractivity contribution is 5.10. The fourth-order valence-corrected chi connectivity index (χ4v) is 1.24. The molecular weight excluding hydrogens is 278 g/mol. The fraction of sp³-hybridized carbons (Fsp3) is 0.611. The van der Waals surface area contributed by atoms with Crippen molar-refractivity contribution in [2.75, 3.05) is 19.8 Å². The van der Waals surface area contributed by atoms with E-state index in [-0.39, 0.29) is 0 Å². The van der Waals surface area contributed by atoms with E-state index < -0.39 is 0 Å². The lowest BCUT2D eigenvalue weighted by molar-refractivity contribution is 0.0773. The summed E-state index contributed by atoms with van der Waals surface area (Å²) in [6.45, 7) is 15.8. The molecular formula is C18H33NO3. The van der Waals surface area contributed by atoms with E-state index in [4.69, 9.17) is 14.0 Å². The predicted octanol–water partition coefficient (Wildman–Crippen LogP) is 5.17. The average Bonchev–Trinajstić information content (AvgIpc) is 3.06. The maximum atomic E-state index is 5.49. The van der Waals surface area contributed by atoms with Gasteiger partial charge in [0.15, 0.2) is 0 Å². The highest BCUT2D eigenvalue weighted by atomic mass is 16.5. The Hall–Kier alpha value is -1.55. The van der Waals surface area contributed by atoms with Gasteiger partial charge in [-0.25, -0.2) is 0 Å². The predicted molar refractivity (Wildman–Crippen MR) is 92.9 cm³/mol. The molecule has 1 aromatic heterocycles. The van der Waals surface area contributed by atoms with E-state index in [0.29, 0.717) is 19.8 Å². The van der Waals surface area contributed by atoms with Gasteiger partial charge >= 0.3 is 0 Å². The van der Waals surface area contributed by atoms with Crippen LogP contribution in [0.5, 0.6) is 0 Å². The molecule has 0 unspecified atom stereocenters. The molecule has 0 radical (unpaired) electrons. The summed E-state index contributed by atoms with van der Waals surface area (Å²) in [5.41, 5.74) is 2.16. The Labute approximate surface area is 136 Å². The van der Waals surface area contributed by atoms with Crippen LogP contribution in [0.25, 0.3) is 0 Å². The summed E-state index contributed by atoms with van der Waals surface area (Å²) in [6, 6.07) is 1.84. The summed E-state index contributed by atoms with van der Waals surface area (Å²) in [5, 5.41) is 3.80. The normalized spacial score (nSPS) is 9.86. The lowest BCUT2D eigenvalue weighted by Gasteiger charge is -2.06. The Morgan fingerprint density at radius 3 is 2.27 bits per heavy atom. The molecule has 0 amide bonds. The van der Waals surface area contributed by atoms with E-state index in [2.05, 4.69) is 19.0 Å². The third kappa shape index (κ3) is 14.9. The molecule has 4 nitrogen and oxygen atoms in total. The van der Waals surface area contributed by atoms with Crippen molar-refractivity contribution in [3.63, 3.8) is 0 Å². The molecule has 1 aromatic rings. The van der Waals surface area contributed by atoms with Crippen LogP contribution in [-0.2, 0) is 15.9 Å². The van der Waals surface area contributed by atoms with Crippen molar-refractivity contribution in [1.29, 1.82) is 0 Å². The molecule has 0 saturated heterocycles. The van der Waals surface area contributed by atoms with Crippen molar-refractivity contribution in [2.45, 2.75) is 54.9 Å². The fourth-order valence-electron chi connectivity index (χ4n) is 1.24. The number of ether oxygens (including phenoxy) is 2. The third-order valence-electron chi connectivity index (χ3n) is 2.20. The molecule has 0 saturated carbocycles. The Kier molecular flexibility index (Phi) is 18.1.